The van der Waals surface area contributed by atoms with Gasteiger partial charge in [-0.25, -0.2) is 9.37 Å². The zero-order chi connectivity index (χ0) is 22.9. The van der Waals surface area contributed by atoms with Crippen molar-refractivity contribution in [1.29, 1.82) is 0 Å². The third kappa shape index (κ3) is 3.91. The predicted molar refractivity (Wildman–Crippen MR) is 132 cm³/mol. The summed E-state index contributed by atoms with van der Waals surface area (Å²) in [5.41, 5.74) is 6.45. The highest BCUT2D eigenvalue weighted by Crippen LogP contribution is 2.31. The quantitative estimate of drug-likeness (QED) is 0.294. The standard InChI is InChI=1S/C27H18FN5O/c28-18-4-6-23-22(15-18)24(10-13-30-23)32-20-3-1-2-17(14-20)27-33-25-16-21(5-7-26(25)34-27)31-19-8-11-29-12-9-19/h1-16H,(H,29,31)(H,30,32). The minimum absolute atomic E-state index is 0.304. The molecule has 0 unspecified atom stereocenters. The van der Waals surface area contributed by atoms with Gasteiger partial charge in [0, 0.05) is 52.3 Å². The molecule has 0 spiro atoms. The first-order chi connectivity index (χ1) is 16.7. The summed E-state index contributed by atoms with van der Waals surface area (Å²) < 4.78 is 19.8. The fourth-order valence-corrected chi connectivity index (χ4v) is 3.84. The van der Waals surface area contributed by atoms with Crippen molar-refractivity contribution in [3.63, 3.8) is 0 Å². The van der Waals surface area contributed by atoms with E-state index in [-0.39, 0.29) is 5.82 Å². The molecular weight excluding hydrogens is 429 g/mol. The van der Waals surface area contributed by atoms with E-state index in [0.717, 1.165) is 39.3 Å². The topological polar surface area (TPSA) is 75.9 Å². The molecule has 6 aromatic rings. The Labute approximate surface area is 194 Å². The fraction of sp³-hybridized carbons (Fsp3) is 0. The predicted octanol–water partition coefficient (Wildman–Crippen LogP) is 7.06. The first-order valence-electron chi connectivity index (χ1n) is 10.7. The second kappa shape index (κ2) is 8.29. The molecule has 3 heterocycles. The van der Waals surface area contributed by atoms with E-state index in [9.17, 15) is 4.39 Å². The first-order valence-corrected chi connectivity index (χ1v) is 10.7. The van der Waals surface area contributed by atoms with Gasteiger partial charge in [-0.05, 0) is 72.8 Å². The fourth-order valence-electron chi connectivity index (χ4n) is 3.84. The number of rotatable bonds is 5. The number of aromatic nitrogens is 3. The molecule has 34 heavy (non-hydrogen) atoms. The summed E-state index contributed by atoms with van der Waals surface area (Å²) in [7, 11) is 0. The van der Waals surface area contributed by atoms with Gasteiger partial charge >= 0.3 is 0 Å². The lowest BCUT2D eigenvalue weighted by atomic mass is 10.1. The summed E-state index contributed by atoms with van der Waals surface area (Å²) in [6, 6.07) is 23.7. The van der Waals surface area contributed by atoms with Crippen LogP contribution in [0, 0.1) is 5.82 Å². The van der Waals surface area contributed by atoms with Gasteiger partial charge in [-0.2, -0.15) is 0 Å². The Kier molecular flexibility index (Phi) is 4.85. The van der Waals surface area contributed by atoms with Gasteiger partial charge < -0.3 is 15.1 Å². The Hall–Kier alpha value is -4.78. The van der Waals surface area contributed by atoms with Crippen LogP contribution in [0.15, 0.2) is 102 Å². The van der Waals surface area contributed by atoms with Crippen LogP contribution in [0.2, 0.25) is 0 Å². The average molecular weight is 447 g/mol. The van der Waals surface area contributed by atoms with E-state index < -0.39 is 0 Å². The number of anilines is 4. The number of nitrogens with one attached hydrogen (secondary N) is 2. The van der Waals surface area contributed by atoms with Gasteiger partial charge in [0.2, 0.25) is 5.89 Å². The van der Waals surface area contributed by atoms with Crippen molar-refractivity contribution in [2.45, 2.75) is 0 Å². The van der Waals surface area contributed by atoms with Crippen molar-refractivity contribution in [3.8, 4) is 11.5 Å². The van der Waals surface area contributed by atoms with Gasteiger partial charge in [0.1, 0.15) is 11.3 Å². The highest BCUT2D eigenvalue weighted by atomic mass is 19.1. The molecule has 0 aliphatic heterocycles. The lowest BCUT2D eigenvalue weighted by molar-refractivity contribution is 0.620. The van der Waals surface area contributed by atoms with Crippen LogP contribution in [0.25, 0.3) is 33.5 Å². The van der Waals surface area contributed by atoms with Crippen LogP contribution >= 0.6 is 0 Å². The minimum atomic E-state index is -0.304. The molecule has 0 amide bonds. The van der Waals surface area contributed by atoms with Gasteiger partial charge in [0.05, 0.1) is 5.52 Å². The molecule has 3 aromatic carbocycles. The molecule has 3 aromatic heterocycles. The van der Waals surface area contributed by atoms with Crippen molar-refractivity contribution in [2.75, 3.05) is 10.6 Å². The van der Waals surface area contributed by atoms with Crippen LogP contribution < -0.4 is 10.6 Å². The molecule has 0 atom stereocenters. The molecule has 0 aliphatic carbocycles. The van der Waals surface area contributed by atoms with Crippen molar-refractivity contribution >= 4 is 44.8 Å². The molecule has 0 bridgehead atoms. The third-order valence-electron chi connectivity index (χ3n) is 5.45. The number of pyridine rings is 2. The number of oxazole rings is 1. The van der Waals surface area contributed by atoms with Gasteiger partial charge in [-0.15, -0.1) is 0 Å². The van der Waals surface area contributed by atoms with Crippen molar-refractivity contribution < 1.29 is 8.81 Å². The number of hydrogen-bond donors (Lipinski definition) is 2. The van der Waals surface area contributed by atoms with E-state index >= 15 is 0 Å². The zero-order valence-corrected chi connectivity index (χ0v) is 17.9. The second-order valence-electron chi connectivity index (χ2n) is 7.79. The summed E-state index contributed by atoms with van der Waals surface area (Å²) in [6.45, 7) is 0. The van der Waals surface area contributed by atoms with Crippen LogP contribution in [0.5, 0.6) is 0 Å². The van der Waals surface area contributed by atoms with E-state index in [1.165, 1.54) is 12.1 Å². The molecule has 6 rings (SSSR count). The molecule has 164 valence electrons. The Morgan fingerprint density at radius 3 is 2.50 bits per heavy atom. The van der Waals surface area contributed by atoms with Gasteiger partial charge in [0.15, 0.2) is 5.58 Å². The lowest BCUT2D eigenvalue weighted by Crippen LogP contribution is -1.93. The number of halogens is 1. The summed E-state index contributed by atoms with van der Waals surface area (Å²) in [5.74, 6) is 0.215. The number of nitrogens with zero attached hydrogens (tertiary/aromatic N) is 3. The van der Waals surface area contributed by atoms with E-state index in [1.54, 1.807) is 24.7 Å². The minimum Gasteiger partial charge on any atom is -0.436 e. The molecule has 0 saturated heterocycles. The van der Waals surface area contributed by atoms with Crippen LogP contribution in [0.1, 0.15) is 0 Å². The van der Waals surface area contributed by atoms with Crippen LogP contribution in [-0.4, -0.2) is 15.0 Å². The largest absolute Gasteiger partial charge is 0.436 e. The van der Waals surface area contributed by atoms with E-state index in [1.807, 2.05) is 60.7 Å². The molecule has 6 nitrogen and oxygen atoms in total. The Morgan fingerprint density at radius 2 is 1.59 bits per heavy atom. The molecule has 7 heteroatoms. The Morgan fingerprint density at radius 1 is 0.706 bits per heavy atom. The van der Waals surface area contributed by atoms with E-state index in [2.05, 4.69) is 25.6 Å². The van der Waals surface area contributed by atoms with E-state index in [0.29, 0.717) is 16.9 Å². The van der Waals surface area contributed by atoms with Crippen molar-refractivity contribution in [1.82, 2.24) is 15.0 Å². The molecule has 2 N–H and O–H groups in total. The Bertz CT molecular complexity index is 1630. The summed E-state index contributed by atoms with van der Waals surface area (Å²) in [5, 5.41) is 7.41. The Balaban J connectivity index is 1.30. The second-order valence-corrected chi connectivity index (χ2v) is 7.79. The lowest BCUT2D eigenvalue weighted by Gasteiger charge is -2.10. The summed E-state index contributed by atoms with van der Waals surface area (Å²) >= 11 is 0. The van der Waals surface area contributed by atoms with Gasteiger partial charge in [-0.3, -0.25) is 9.97 Å². The third-order valence-corrected chi connectivity index (χ3v) is 5.45. The van der Waals surface area contributed by atoms with Crippen molar-refractivity contribution in [3.05, 3.63) is 103 Å². The van der Waals surface area contributed by atoms with Crippen LogP contribution in [-0.2, 0) is 0 Å². The monoisotopic (exact) mass is 447 g/mol. The average Bonchev–Trinajstić information content (AvgIpc) is 3.29. The SMILES string of the molecule is Fc1ccc2nccc(Nc3cccc(-c4nc5cc(Nc6ccncc6)ccc5o4)c3)c2c1. The maximum Gasteiger partial charge on any atom is 0.227 e. The maximum atomic E-state index is 13.8. The summed E-state index contributed by atoms with van der Waals surface area (Å²) in [4.78, 5) is 13.0. The van der Waals surface area contributed by atoms with Crippen LogP contribution in [0.4, 0.5) is 27.1 Å². The van der Waals surface area contributed by atoms with E-state index in [4.69, 9.17) is 4.42 Å². The zero-order valence-electron chi connectivity index (χ0n) is 17.9. The number of hydrogen-bond acceptors (Lipinski definition) is 6. The normalized spacial score (nSPS) is 11.1. The first kappa shape index (κ1) is 19.9. The van der Waals surface area contributed by atoms with Gasteiger partial charge in [0.25, 0.3) is 0 Å². The molecule has 0 saturated carbocycles. The van der Waals surface area contributed by atoms with Gasteiger partial charge in [-0.1, -0.05) is 6.07 Å². The maximum absolute atomic E-state index is 13.8. The molecule has 0 aliphatic rings. The molecular formula is C27H18FN5O. The van der Waals surface area contributed by atoms with Crippen molar-refractivity contribution in [2.24, 2.45) is 0 Å². The molecule has 0 fully saturated rings. The molecule has 0 radical (unpaired) electrons. The highest BCUT2D eigenvalue weighted by Gasteiger charge is 2.11. The smallest absolute Gasteiger partial charge is 0.227 e. The number of benzene rings is 3. The highest BCUT2D eigenvalue weighted by molar-refractivity contribution is 5.93. The number of fused-ring (bicyclic) bond motifs is 2. The van der Waals surface area contributed by atoms with Crippen LogP contribution in [0.3, 0.4) is 0 Å². The summed E-state index contributed by atoms with van der Waals surface area (Å²) in [6.07, 6.45) is 5.17.